The van der Waals surface area contributed by atoms with Crippen LogP contribution in [0.1, 0.15) is 53.4 Å². The molecule has 0 saturated carbocycles. The quantitative estimate of drug-likeness (QED) is 0.300. The van der Waals surface area contributed by atoms with Crippen LogP contribution in [0.15, 0.2) is 4.99 Å². The van der Waals surface area contributed by atoms with Gasteiger partial charge in [0.2, 0.25) is 0 Å². The maximum Gasteiger partial charge on any atom is 0.191 e. The minimum absolute atomic E-state index is 0. The third-order valence-electron chi connectivity index (χ3n) is 3.47. The van der Waals surface area contributed by atoms with Crippen molar-refractivity contribution in [1.82, 2.24) is 10.6 Å². The minimum atomic E-state index is -0.0553. The molecule has 1 aliphatic heterocycles. The second kappa shape index (κ2) is 10.7. The van der Waals surface area contributed by atoms with Crippen LogP contribution in [0.5, 0.6) is 0 Å². The third-order valence-corrected chi connectivity index (χ3v) is 3.47. The van der Waals surface area contributed by atoms with Gasteiger partial charge in [0.1, 0.15) is 0 Å². The summed E-state index contributed by atoms with van der Waals surface area (Å²) in [5.74, 6) is 1.69. The fourth-order valence-corrected chi connectivity index (χ4v) is 2.27. The van der Waals surface area contributed by atoms with Gasteiger partial charge in [0, 0.05) is 19.7 Å². The number of guanidine groups is 1. The Labute approximate surface area is 141 Å². The molecular formula is C15H32IN3O. The lowest BCUT2D eigenvalue weighted by molar-refractivity contribution is 0.0283. The van der Waals surface area contributed by atoms with Crippen molar-refractivity contribution >= 4 is 29.9 Å². The molecule has 0 aliphatic carbocycles. The molecule has 0 radical (unpaired) electrons. The normalized spacial score (nSPS) is 22.8. The Hall–Kier alpha value is -0.0400. The van der Waals surface area contributed by atoms with Crippen molar-refractivity contribution in [2.24, 2.45) is 10.9 Å². The first kappa shape index (κ1) is 20.0. The van der Waals surface area contributed by atoms with Gasteiger partial charge in [0.25, 0.3) is 0 Å². The number of halogens is 1. The molecule has 20 heavy (non-hydrogen) atoms. The molecule has 4 nitrogen and oxygen atoms in total. The average Bonchev–Trinajstić information content (AvgIpc) is 2.78. The average molecular weight is 397 g/mol. The standard InChI is InChI=1S/C15H31N3O.HI/c1-5-16-14(17-10-6-8-13(2)3)18-12-15(4)9-7-11-19-15;/h13H,5-12H2,1-4H3,(H2,16,17,18);1H. The molecule has 120 valence electrons. The lowest BCUT2D eigenvalue weighted by Crippen LogP contribution is -2.39. The van der Waals surface area contributed by atoms with Crippen LogP contribution in [0.2, 0.25) is 0 Å². The van der Waals surface area contributed by atoms with E-state index < -0.39 is 0 Å². The number of nitrogens with zero attached hydrogens (tertiary/aromatic N) is 1. The Balaban J connectivity index is 0.00000361. The highest BCUT2D eigenvalue weighted by Gasteiger charge is 2.29. The van der Waals surface area contributed by atoms with Crippen molar-refractivity contribution in [2.45, 2.75) is 59.0 Å². The van der Waals surface area contributed by atoms with E-state index in [9.17, 15) is 0 Å². The van der Waals surface area contributed by atoms with Crippen molar-refractivity contribution in [3.63, 3.8) is 0 Å². The molecule has 1 rings (SSSR count). The van der Waals surface area contributed by atoms with Gasteiger partial charge in [0.05, 0.1) is 12.1 Å². The summed E-state index contributed by atoms with van der Waals surface area (Å²) < 4.78 is 5.76. The summed E-state index contributed by atoms with van der Waals surface area (Å²) >= 11 is 0. The van der Waals surface area contributed by atoms with Crippen LogP contribution < -0.4 is 10.6 Å². The molecule has 1 saturated heterocycles. The Morgan fingerprint density at radius 2 is 2.10 bits per heavy atom. The van der Waals surface area contributed by atoms with E-state index in [0.717, 1.165) is 51.0 Å². The van der Waals surface area contributed by atoms with Crippen molar-refractivity contribution in [2.75, 3.05) is 26.2 Å². The molecule has 2 N–H and O–H groups in total. The lowest BCUT2D eigenvalue weighted by Gasteiger charge is -2.21. The highest BCUT2D eigenvalue weighted by atomic mass is 127. The lowest BCUT2D eigenvalue weighted by atomic mass is 10.0. The highest BCUT2D eigenvalue weighted by Crippen LogP contribution is 2.24. The number of nitrogens with one attached hydrogen (secondary N) is 2. The largest absolute Gasteiger partial charge is 0.373 e. The molecule has 1 heterocycles. The molecule has 0 aromatic carbocycles. The summed E-state index contributed by atoms with van der Waals surface area (Å²) in [6.07, 6.45) is 4.72. The van der Waals surface area contributed by atoms with E-state index in [4.69, 9.17) is 4.74 Å². The Morgan fingerprint density at radius 3 is 2.65 bits per heavy atom. The molecule has 5 heteroatoms. The molecule has 1 unspecified atom stereocenters. The molecule has 1 atom stereocenters. The van der Waals surface area contributed by atoms with Gasteiger partial charge in [-0.25, -0.2) is 0 Å². The molecule has 0 amide bonds. The predicted octanol–water partition coefficient (Wildman–Crippen LogP) is 3.16. The van der Waals surface area contributed by atoms with Gasteiger partial charge in [-0.05, 0) is 45.4 Å². The summed E-state index contributed by atoms with van der Waals surface area (Å²) in [5, 5.41) is 6.70. The van der Waals surface area contributed by atoms with Crippen molar-refractivity contribution in [1.29, 1.82) is 0 Å². The van der Waals surface area contributed by atoms with Gasteiger partial charge in [0.15, 0.2) is 5.96 Å². The fraction of sp³-hybridized carbons (Fsp3) is 0.933. The van der Waals surface area contributed by atoms with Gasteiger partial charge >= 0.3 is 0 Å². The Morgan fingerprint density at radius 1 is 1.35 bits per heavy atom. The van der Waals surface area contributed by atoms with E-state index in [1.54, 1.807) is 0 Å². The summed E-state index contributed by atoms with van der Waals surface area (Å²) in [4.78, 5) is 4.65. The number of rotatable bonds is 7. The minimum Gasteiger partial charge on any atom is -0.373 e. The zero-order valence-corrected chi connectivity index (χ0v) is 15.8. The van der Waals surface area contributed by atoms with Crippen LogP contribution in [-0.2, 0) is 4.74 Å². The zero-order valence-electron chi connectivity index (χ0n) is 13.5. The van der Waals surface area contributed by atoms with Gasteiger partial charge in [-0.1, -0.05) is 13.8 Å². The smallest absolute Gasteiger partial charge is 0.191 e. The van der Waals surface area contributed by atoms with E-state index in [-0.39, 0.29) is 29.6 Å². The monoisotopic (exact) mass is 397 g/mol. The second-order valence-electron chi connectivity index (χ2n) is 6.06. The predicted molar refractivity (Wildman–Crippen MR) is 97.1 cm³/mol. The molecule has 1 aliphatic rings. The number of hydrogen-bond acceptors (Lipinski definition) is 2. The number of hydrogen-bond donors (Lipinski definition) is 2. The van der Waals surface area contributed by atoms with E-state index in [1.165, 1.54) is 12.8 Å². The number of aliphatic imine (C=N–C) groups is 1. The van der Waals surface area contributed by atoms with Crippen LogP contribution in [-0.4, -0.2) is 37.8 Å². The van der Waals surface area contributed by atoms with Crippen LogP contribution in [0, 0.1) is 5.92 Å². The summed E-state index contributed by atoms with van der Waals surface area (Å²) in [7, 11) is 0. The first-order chi connectivity index (χ1) is 9.06. The van der Waals surface area contributed by atoms with Crippen LogP contribution in [0.25, 0.3) is 0 Å². The van der Waals surface area contributed by atoms with E-state index >= 15 is 0 Å². The fourth-order valence-electron chi connectivity index (χ4n) is 2.27. The topological polar surface area (TPSA) is 45.7 Å². The molecule has 0 aromatic heterocycles. The highest BCUT2D eigenvalue weighted by molar-refractivity contribution is 14.0. The van der Waals surface area contributed by atoms with Crippen molar-refractivity contribution in [3.8, 4) is 0 Å². The van der Waals surface area contributed by atoms with Gasteiger partial charge in [-0.3, -0.25) is 4.99 Å². The van der Waals surface area contributed by atoms with Gasteiger partial charge in [-0.2, -0.15) is 0 Å². The van der Waals surface area contributed by atoms with E-state index in [1.807, 2.05) is 0 Å². The maximum atomic E-state index is 5.76. The van der Waals surface area contributed by atoms with Crippen LogP contribution >= 0.6 is 24.0 Å². The summed E-state index contributed by atoms with van der Waals surface area (Å²) in [6.45, 7) is 12.3. The molecule has 0 aromatic rings. The number of ether oxygens (including phenoxy) is 1. The van der Waals surface area contributed by atoms with E-state index in [2.05, 4.69) is 43.3 Å². The molecule has 1 fully saturated rings. The SMILES string of the molecule is CCNC(=NCC1(C)CCCO1)NCCCC(C)C.I. The Kier molecular flexibility index (Phi) is 10.6. The first-order valence-corrected chi connectivity index (χ1v) is 7.72. The summed E-state index contributed by atoms with van der Waals surface area (Å²) in [6, 6.07) is 0. The van der Waals surface area contributed by atoms with Gasteiger partial charge < -0.3 is 15.4 Å². The first-order valence-electron chi connectivity index (χ1n) is 7.72. The molecule has 0 spiro atoms. The van der Waals surface area contributed by atoms with Crippen LogP contribution in [0.3, 0.4) is 0 Å². The third kappa shape index (κ3) is 8.29. The zero-order chi connectivity index (χ0) is 14.1. The molecule has 0 bridgehead atoms. The van der Waals surface area contributed by atoms with Crippen molar-refractivity contribution in [3.05, 3.63) is 0 Å². The summed E-state index contributed by atoms with van der Waals surface area (Å²) in [5.41, 5.74) is -0.0553. The maximum absolute atomic E-state index is 5.76. The van der Waals surface area contributed by atoms with E-state index in [0.29, 0.717) is 0 Å². The van der Waals surface area contributed by atoms with Gasteiger partial charge in [-0.15, -0.1) is 24.0 Å². The molecular weight excluding hydrogens is 365 g/mol. The second-order valence-corrected chi connectivity index (χ2v) is 6.06. The Bertz CT molecular complexity index is 276. The van der Waals surface area contributed by atoms with Crippen molar-refractivity contribution < 1.29 is 4.74 Å². The van der Waals surface area contributed by atoms with Crippen LogP contribution in [0.4, 0.5) is 0 Å².